The van der Waals surface area contributed by atoms with Crippen molar-refractivity contribution < 1.29 is 19.1 Å². The SMILES string of the molecule is Cc1cn(C[C@H](NC(=O)c2ccco2)C(=O)O)c(=O)[nH]c1=O. The highest BCUT2D eigenvalue weighted by atomic mass is 16.4. The molecule has 22 heavy (non-hydrogen) atoms. The summed E-state index contributed by atoms with van der Waals surface area (Å²) in [5, 5.41) is 11.4. The van der Waals surface area contributed by atoms with Crippen LogP contribution in [0.2, 0.25) is 0 Å². The smallest absolute Gasteiger partial charge is 0.328 e. The average molecular weight is 307 g/mol. The highest BCUT2D eigenvalue weighted by Gasteiger charge is 2.23. The third-order valence-corrected chi connectivity index (χ3v) is 2.92. The number of aliphatic carboxylic acids is 1. The number of carbonyl (C=O) groups is 2. The molecule has 0 bridgehead atoms. The highest BCUT2D eigenvalue weighted by molar-refractivity contribution is 5.94. The third-order valence-electron chi connectivity index (χ3n) is 2.92. The van der Waals surface area contributed by atoms with Gasteiger partial charge >= 0.3 is 11.7 Å². The van der Waals surface area contributed by atoms with Gasteiger partial charge in [-0.05, 0) is 19.1 Å². The van der Waals surface area contributed by atoms with Crippen LogP contribution in [-0.4, -0.2) is 32.6 Å². The first-order chi connectivity index (χ1) is 10.4. The van der Waals surface area contributed by atoms with Gasteiger partial charge < -0.3 is 14.8 Å². The van der Waals surface area contributed by atoms with Gasteiger partial charge in [0.15, 0.2) is 5.76 Å². The van der Waals surface area contributed by atoms with Crippen molar-refractivity contribution in [2.45, 2.75) is 19.5 Å². The molecule has 3 N–H and O–H groups in total. The lowest BCUT2D eigenvalue weighted by Gasteiger charge is -2.15. The van der Waals surface area contributed by atoms with Crippen LogP contribution < -0.4 is 16.6 Å². The summed E-state index contributed by atoms with van der Waals surface area (Å²) in [6, 6.07) is 1.51. The summed E-state index contributed by atoms with van der Waals surface area (Å²) < 4.78 is 5.88. The van der Waals surface area contributed by atoms with E-state index in [-0.39, 0.29) is 17.9 Å². The average Bonchev–Trinajstić information content (AvgIpc) is 2.97. The Morgan fingerprint density at radius 1 is 1.45 bits per heavy atom. The summed E-state index contributed by atoms with van der Waals surface area (Å²) in [6.45, 7) is 1.14. The number of aromatic amines is 1. The predicted octanol–water partition coefficient (Wildman–Crippen LogP) is -0.679. The van der Waals surface area contributed by atoms with E-state index in [0.29, 0.717) is 0 Å². The van der Waals surface area contributed by atoms with Gasteiger partial charge in [-0.2, -0.15) is 0 Å². The number of carboxylic acids is 1. The highest BCUT2D eigenvalue weighted by Crippen LogP contribution is 2.01. The van der Waals surface area contributed by atoms with Crippen LogP contribution in [0.4, 0.5) is 0 Å². The van der Waals surface area contributed by atoms with E-state index in [1.807, 2.05) is 0 Å². The molecule has 0 saturated carbocycles. The molecule has 116 valence electrons. The Balaban J connectivity index is 2.21. The van der Waals surface area contributed by atoms with E-state index in [9.17, 15) is 19.2 Å². The van der Waals surface area contributed by atoms with Crippen molar-refractivity contribution >= 4 is 11.9 Å². The fourth-order valence-corrected chi connectivity index (χ4v) is 1.77. The molecule has 0 fully saturated rings. The Morgan fingerprint density at radius 2 is 2.18 bits per heavy atom. The normalized spacial score (nSPS) is 11.9. The molecule has 2 heterocycles. The molecule has 0 spiro atoms. The lowest BCUT2D eigenvalue weighted by Crippen LogP contribution is -2.46. The van der Waals surface area contributed by atoms with E-state index in [4.69, 9.17) is 9.52 Å². The monoisotopic (exact) mass is 307 g/mol. The molecule has 0 saturated heterocycles. The first-order valence-corrected chi connectivity index (χ1v) is 6.26. The number of aryl methyl sites for hydroxylation is 1. The van der Waals surface area contributed by atoms with Crippen LogP contribution in [0.5, 0.6) is 0 Å². The Hall–Kier alpha value is -3.10. The molecule has 0 radical (unpaired) electrons. The molecule has 0 unspecified atom stereocenters. The number of furan rings is 1. The molecule has 1 amide bonds. The van der Waals surface area contributed by atoms with Crippen LogP contribution in [0.3, 0.4) is 0 Å². The summed E-state index contributed by atoms with van der Waals surface area (Å²) in [6.07, 6.45) is 2.51. The minimum Gasteiger partial charge on any atom is -0.480 e. The quantitative estimate of drug-likeness (QED) is 0.670. The largest absolute Gasteiger partial charge is 0.480 e. The molecular formula is C13H13N3O6. The van der Waals surface area contributed by atoms with Crippen LogP contribution in [0.15, 0.2) is 38.6 Å². The van der Waals surface area contributed by atoms with Crippen LogP contribution in [0, 0.1) is 6.92 Å². The van der Waals surface area contributed by atoms with E-state index in [0.717, 1.165) is 4.57 Å². The van der Waals surface area contributed by atoms with Gasteiger partial charge in [0.2, 0.25) is 0 Å². The zero-order valence-corrected chi connectivity index (χ0v) is 11.5. The van der Waals surface area contributed by atoms with Gasteiger partial charge in [0.25, 0.3) is 11.5 Å². The maximum absolute atomic E-state index is 11.8. The molecule has 0 aliphatic carbocycles. The fraction of sp³-hybridized carbons (Fsp3) is 0.231. The summed E-state index contributed by atoms with van der Waals surface area (Å²) in [4.78, 5) is 48.0. The minimum atomic E-state index is -1.36. The maximum Gasteiger partial charge on any atom is 0.328 e. The zero-order valence-electron chi connectivity index (χ0n) is 11.5. The Bertz CT molecular complexity index is 802. The van der Waals surface area contributed by atoms with Crippen LogP contribution in [-0.2, 0) is 11.3 Å². The molecule has 9 heteroatoms. The molecule has 2 rings (SSSR count). The van der Waals surface area contributed by atoms with Gasteiger partial charge in [-0.25, -0.2) is 9.59 Å². The molecule has 0 aromatic carbocycles. The van der Waals surface area contributed by atoms with Crippen LogP contribution >= 0.6 is 0 Å². The second kappa shape index (κ2) is 6.12. The Morgan fingerprint density at radius 3 is 2.77 bits per heavy atom. The second-order valence-electron chi connectivity index (χ2n) is 4.57. The van der Waals surface area contributed by atoms with Crippen molar-refractivity contribution in [2.75, 3.05) is 0 Å². The first-order valence-electron chi connectivity index (χ1n) is 6.26. The summed E-state index contributed by atoms with van der Waals surface area (Å²) in [5.74, 6) is -2.08. The Labute approximate surface area is 123 Å². The lowest BCUT2D eigenvalue weighted by molar-refractivity contribution is -0.139. The van der Waals surface area contributed by atoms with Crippen molar-refractivity contribution in [3.8, 4) is 0 Å². The minimum absolute atomic E-state index is 0.0451. The van der Waals surface area contributed by atoms with Gasteiger partial charge in [0.1, 0.15) is 6.04 Å². The van der Waals surface area contributed by atoms with Crippen molar-refractivity contribution in [3.05, 3.63) is 56.8 Å². The van der Waals surface area contributed by atoms with Crippen LogP contribution in [0.25, 0.3) is 0 Å². The number of amides is 1. The lowest BCUT2D eigenvalue weighted by atomic mass is 10.2. The number of nitrogens with one attached hydrogen (secondary N) is 2. The van der Waals surface area contributed by atoms with E-state index in [1.165, 1.54) is 31.5 Å². The van der Waals surface area contributed by atoms with Crippen molar-refractivity contribution in [2.24, 2.45) is 0 Å². The number of carbonyl (C=O) groups excluding carboxylic acids is 1. The van der Waals surface area contributed by atoms with E-state index in [2.05, 4.69) is 10.3 Å². The number of hydrogen-bond donors (Lipinski definition) is 3. The number of rotatable bonds is 5. The van der Waals surface area contributed by atoms with Gasteiger partial charge in [0, 0.05) is 11.8 Å². The van der Waals surface area contributed by atoms with Gasteiger partial charge in [-0.3, -0.25) is 19.1 Å². The third kappa shape index (κ3) is 3.32. The number of carboxylic acid groups (broad SMARTS) is 1. The van der Waals surface area contributed by atoms with Gasteiger partial charge in [-0.15, -0.1) is 0 Å². The Kier molecular flexibility index (Phi) is 4.25. The standard InChI is InChI=1S/C13H13N3O6/c1-7-5-16(13(21)15-10(7)17)6-8(12(19)20)14-11(18)9-3-2-4-22-9/h2-5,8H,6H2,1H3,(H,14,18)(H,19,20)(H,15,17,21)/t8-/m0/s1. The van der Waals surface area contributed by atoms with Gasteiger partial charge in [-0.1, -0.05) is 0 Å². The number of aromatic nitrogens is 2. The zero-order chi connectivity index (χ0) is 16.3. The molecular weight excluding hydrogens is 294 g/mol. The molecule has 2 aromatic rings. The van der Waals surface area contributed by atoms with Crippen molar-refractivity contribution in [1.82, 2.24) is 14.9 Å². The van der Waals surface area contributed by atoms with Gasteiger partial charge in [0.05, 0.1) is 12.8 Å². The molecule has 0 aliphatic rings. The van der Waals surface area contributed by atoms with E-state index in [1.54, 1.807) is 0 Å². The van der Waals surface area contributed by atoms with E-state index < -0.39 is 29.2 Å². The molecule has 2 aromatic heterocycles. The summed E-state index contributed by atoms with van der Waals surface area (Å²) in [7, 11) is 0. The summed E-state index contributed by atoms with van der Waals surface area (Å²) >= 11 is 0. The second-order valence-corrected chi connectivity index (χ2v) is 4.57. The first kappa shape index (κ1) is 15.3. The fourth-order valence-electron chi connectivity index (χ4n) is 1.77. The molecule has 1 atom stereocenters. The number of hydrogen-bond acceptors (Lipinski definition) is 5. The molecule has 0 aliphatic heterocycles. The number of H-pyrrole nitrogens is 1. The molecule has 9 nitrogen and oxygen atoms in total. The predicted molar refractivity (Wildman–Crippen MR) is 73.7 cm³/mol. The van der Waals surface area contributed by atoms with Crippen molar-refractivity contribution in [1.29, 1.82) is 0 Å². The topological polar surface area (TPSA) is 134 Å². The van der Waals surface area contributed by atoms with Crippen molar-refractivity contribution in [3.63, 3.8) is 0 Å². The van der Waals surface area contributed by atoms with Crippen LogP contribution in [0.1, 0.15) is 16.1 Å². The maximum atomic E-state index is 11.8. The van der Waals surface area contributed by atoms with E-state index >= 15 is 0 Å². The number of nitrogens with zero attached hydrogens (tertiary/aromatic N) is 1. The summed E-state index contributed by atoms with van der Waals surface area (Å²) in [5.41, 5.74) is -1.05.